The van der Waals surface area contributed by atoms with Gasteiger partial charge in [0.2, 0.25) is 0 Å². The smallest absolute Gasteiger partial charge is 0.167 e. The predicted molar refractivity (Wildman–Crippen MR) is 101 cm³/mol. The summed E-state index contributed by atoms with van der Waals surface area (Å²) in [4.78, 5) is 4.14. The van der Waals surface area contributed by atoms with E-state index in [1.807, 2.05) is 20.8 Å². The number of hydrogen-bond donors (Lipinski definition) is 0. The van der Waals surface area contributed by atoms with E-state index >= 15 is 0 Å². The summed E-state index contributed by atoms with van der Waals surface area (Å²) in [6, 6.07) is 11.0. The summed E-state index contributed by atoms with van der Waals surface area (Å²) in [5.74, 6) is -0.0768. The summed E-state index contributed by atoms with van der Waals surface area (Å²) in [7, 11) is 0. The fourth-order valence-electron chi connectivity index (χ4n) is 3.51. The fourth-order valence-corrected chi connectivity index (χ4v) is 3.51. The molecule has 146 valence electrons. The van der Waals surface area contributed by atoms with Crippen molar-refractivity contribution in [3.63, 3.8) is 0 Å². The Morgan fingerprint density at radius 3 is 2.61 bits per heavy atom. The maximum absolute atomic E-state index is 14.8. The van der Waals surface area contributed by atoms with E-state index in [4.69, 9.17) is 14.2 Å². The van der Waals surface area contributed by atoms with E-state index in [0.29, 0.717) is 29.1 Å². The van der Waals surface area contributed by atoms with E-state index in [1.54, 1.807) is 30.3 Å². The number of ether oxygens (including phenoxy) is 3. The van der Waals surface area contributed by atoms with Gasteiger partial charge in [-0.3, -0.25) is 0 Å². The molecule has 2 aromatic carbocycles. The quantitative estimate of drug-likeness (QED) is 0.607. The number of halogens is 2. The first kappa shape index (κ1) is 18.8. The van der Waals surface area contributed by atoms with Gasteiger partial charge < -0.3 is 14.2 Å². The molecule has 1 aromatic heterocycles. The van der Waals surface area contributed by atoms with E-state index in [1.165, 1.54) is 18.3 Å². The van der Waals surface area contributed by atoms with Crippen LogP contribution in [0.5, 0.6) is 11.5 Å². The average molecular weight is 385 g/mol. The average Bonchev–Trinajstić information content (AvgIpc) is 3.09. The molecule has 0 radical (unpaired) electrons. The molecule has 1 fully saturated rings. The monoisotopic (exact) mass is 385 g/mol. The molecule has 0 saturated carbocycles. The fraction of sp³-hybridized carbons (Fsp3) is 0.318. The zero-order valence-electron chi connectivity index (χ0n) is 15.9. The molecule has 2 atom stereocenters. The molecule has 4 nitrogen and oxygen atoms in total. The zero-order valence-corrected chi connectivity index (χ0v) is 15.9. The lowest BCUT2D eigenvalue weighted by atomic mass is 9.82. The van der Waals surface area contributed by atoms with Crippen molar-refractivity contribution in [3.8, 4) is 11.5 Å². The normalized spacial score (nSPS) is 19.9. The molecule has 1 saturated heterocycles. The highest BCUT2D eigenvalue weighted by molar-refractivity contribution is 5.80. The van der Waals surface area contributed by atoms with Crippen LogP contribution in [0.1, 0.15) is 26.3 Å². The summed E-state index contributed by atoms with van der Waals surface area (Å²) in [5, 5.41) is 0.603. The van der Waals surface area contributed by atoms with Gasteiger partial charge in [0, 0.05) is 16.4 Å². The number of fused-ring (bicyclic) bond motifs is 1. The van der Waals surface area contributed by atoms with Crippen LogP contribution in [0, 0.1) is 11.6 Å². The van der Waals surface area contributed by atoms with Crippen LogP contribution in [0.25, 0.3) is 10.9 Å². The van der Waals surface area contributed by atoms with Gasteiger partial charge in [0.05, 0.1) is 18.9 Å². The minimum atomic E-state index is -0.790. The second-order valence-corrected chi connectivity index (χ2v) is 7.53. The number of aromatic nitrogens is 1. The second-order valence-electron chi connectivity index (χ2n) is 7.53. The Labute approximate surface area is 162 Å². The molecule has 2 unspecified atom stereocenters. The van der Waals surface area contributed by atoms with Crippen LogP contribution in [0.15, 0.2) is 48.7 Å². The zero-order chi connectivity index (χ0) is 19.9. The van der Waals surface area contributed by atoms with Crippen molar-refractivity contribution in [2.75, 3.05) is 6.61 Å². The number of rotatable bonds is 4. The molecule has 0 aliphatic carbocycles. The minimum Gasteiger partial charge on any atom is -0.455 e. The Bertz CT molecular complexity index is 1020. The first-order chi connectivity index (χ1) is 13.4. The van der Waals surface area contributed by atoms with Crippen molar-refractivity contribution in [1.82, 2.24) is 4.98 Å². The van der Waals surface area contributed by atoms with Gasteiger partial charge in [0.25, 0.3) is 0 Å². The number of benzene rings is 2. The molecule has 0 bridgehead atoms. The molecule has 4 rings (SSSR count). The highest BCUT2D eigenvalue weighted by Gasteiger charge is 2.42. The number of para-hydroxylation sites is 1. The Hall–Kier alpha value is -2.57. The highest BCUT2D eigenvalue weighted by atomic mass is 19.1. The van der Waals surface area contributed by atoms with Crippen LogP contribution < -0.4 is 4.74 Å². The van der Waals surface area contributed by atoms with Crippen molar-refractivity contribution in [3.05, 3.63) is 65.9 Å². The largest absolute Gasteiger partial charge is 0.455 e. The molecule has 0 N–H and O–H groups in total. The molecule has 0 spiro atoms. The van der Waals surface area contributed by atoms with Crippen molar-refractivity contribution >= 4 is 10.9 Å². The topological polar surface area (TPSA) is 40.6 Å². The predicted octanol–water partition coefficient (Wildman–Crippen LogP) is 5.34. The third-order valence-corrected chi connectivity index (χ3v) is 4.91. The van der Waals surface area contributed by atoms with Gasteiger partial charge in [-0.15, -0.1) is 0 Å². The molecular weight excluding hydrogens is 364 g/mol. The lowest BCUT2D eigenvalue weighted by Crippen LogP contribution is -2.36. The maximum atomic E-state index is 14.8. The van der Waals surface area contributed by atoms with Gasteiger partial charge in [0.1, 0.15) is 28.7 Å². The van der Waals surface area contributed by atoms with E-state index in [0.717, 1.165) is 0 Å². The standard InChI is InChI=1S/C22H21F2NO3/c1-13-12-26-21(27-13)22(2,3)19-16(23)7-5-9-18(19)28-15-10-14-6-4-8-17(24)20(14)25-11-15/h4-11,13,21H,12H2,1-3H3. The minimum absolute atomic E-state index is 0.0556. The number of nitrogens with zero attached hydrogens (tertiary/aromatic N) is 1. The van der Waals surface area contributed by atoms with Gasteiger partial charge in [-0.2, -0.15) is 0 Å². The molecule has 6 heteroatoms. The van der Waals surface area contributed by atoms with Crippen LogP contribution in [-0.2, 0) is 14.9 Å². The molecule has 1 aliphatic rings. The maximum Gasteiger partial charge on any atom is 0.167 e. The third-order valence-electron chi connectivity index (χ3n) is 4.91. The molecular formula is C22H21F2NO3. The summed E-state index contributed by atoms with van der Waals surface area (Å²) in [6.07, 6.45) is 0.781. The molecule has 1 aliphatic heterocycles. The van der Waals surface area contributed by atoms with Crippen molar-refractivity contribution < 1.29 is 23.0 Å². The van der Waals surface area contributed by atoms with Gasteiger partial charge in [0.15, 0.2) is 6.29 Å². The van der Waals surface area contributed by atoms with E-state index in [9.17, 15) is 8.78 Å². The van der Waals surface area contributed by atoms with Crippen molar-refractivity contribution in [2.24, 2.45) is 0 Å². The van der Waals surface area contributed by atoms with E-state index in [2.05, 4.69) is 4.98 Å². The molecule has 2 heterocycles. The Kier molecular flexibility index (Phi) is 4.77. The SMILES string of the molecule is CC1COC(C(C)(C)c2c(F)cccc2Oc2cnc3c(F)cccc3c2)O1. The number of pyridine rings is 1. The molecule has 28 heavy (non-hydrogen) atoms. The Morgan fingerprint density at radius 2 is 1.86 bits per heavy atom. The van der Waals surface area contributed by atoms with E-state index < -0.39 is 23.3 Å². The second kappa shape index (κ2) is 7.11. The lowest BCUT2D eigenvalue weighted by molar-refractivity contribution is -0.100. The summed E-state index contributed by atoms with van der Waals surface area (Å²) < 4.78 is 46.2. The summed E-state index contributed by atoms with van der Waals surface area (Å²) >= 11 is 0. The Balaban J connectivity index is 1.72. The Morgan fingerprint density at radius 1 is 1.11 bits per heavy atom. The molecule has 3 aromatic rings. The van der Waals surface area contributed by atoms with Gasteiger partial charge in [-0.25, -0.2) is 13.8 Å². The van der Waals surface area contributed by atoms with Crippen LogP contribution in [0.2, 0.25) is 0 Å². The van der Waals surface area contributed by atoms with Gasteiger partial charge in [-0.1, -0.05) is 32.0 Å². The van der Waals surface area contributed by atoms with Crippen molar-refractivity contribution in [1.29, 1.82) is 0 Å². The van der Waals surface area contributed by atoms with Crippen molar-refractivity contribution in [2.45, 2.75) is 38.6 Å². The van der Waals surface area contributed by atoms with Gasteiger partial charge >= 0.3 is 0 Å². The lowest BCUT2D eigenvalue weighted by Gasteiger charge is -2.32. The molecule has 0 amide bonds. The van der Waals surface area contributed by atoms with Crippen LogP contribution in [0.3, 0.4) is 0 Å². The first-order valence-electron chi connectivity index (χ1n) is 9.14. The summed E-state index contributed by atoms with van der Waals surface area (Å²) in [6.45, 7) is 6.08. The van der Waals surface area contributed by atoms with Crippen LogP contribution in [0.4, 0.5) is 8.78 Å². The number of hydrogen-bond acceptors (Lipinski definition) is 4. The van der Waals surface area contributed by atoms with Crippen LogP contribution in [-0.4, -0.2) is 24.0 Å². The van der Waals surface area contributed by atoms with E-state index in [-0.39, 0.29) is 11.6 Å². The highest BCUT2D eigenvalue weighted by Crippen LogP contribution is 2.41. The third kappa shape index (κ3) is 3.34. The van der Waals surface area contributed by atoms with Crippen LogP contribution >= 0.6 is 0 Å². The van der Waals surface area contributed by atoms with Gasteiger partial charge in [-0.05, 0) is 31.2 Å². The summed E-state index contributed by atoms with van der Waals surface area (Å²) in [5.41, 5.74) is -0.174. The first-order valence-corrected chi connectivity index (χ1v) is 9.14.